The van der Waals surface area contributed by atoms with E-state index in [1.54, 1.807) is 0 Å². The standard InChI is InChI=1S/C14H17NO/c1-11(2)12-5-6-13(15-10-12)7-8-14-4-3-9-16-14/h5-6,10-11,14H,3-4,9H2,1-2H3. The molecule has 2 nitrogen and oxygen atoms in total. The fourth-order valence-electron chi connectivity index (χ4n) is 1.67. The molecular formula is C14H17NO. The van der Waals surface area contributed by atoms with Crippen molar-refractivity contribution in [2.45, 2.75) is 38.7 Å². The van der Waals surface area contributed by atoms with Crippen molar-refractivity contribution in [2.24, 2.45) is 0 Å². The van der Waals surface area contributed by atoms with Crippen molar-refractivity contribution in [2.75, 3.05) is 6.61 Å². The molecule has 84 valence electrons. The van der Waals surface area contributed by atoms with Crippen LogP contribution in [0.5, 0.6) is 0 Å². The van der Waals surface area contributed by atoms with Crippen LogP contribution in [-0.2, 0) is 4.74 Å². The molecule has 16 heavy (non-hydrogen) atoms. The summed E-state index contributed by atoms with van der Waals surface area (Å²) in [5, 5.41) is 0. The van der Waals surface area contributed by atoms with E-state index in [0.29, 0.717) is 5.92 Å². The molecule has 2 heteroatoms. The van der Waals surface area contributed by atoms with Crippen LogP contribution in [0.2, 0.25) is 0 Å². The molecule has 1 aliphatic heterocycles. The van der Waals surface area contributed by atoms with Crippen LogP contribution >= 0.6 is 0 Å². The smallest absolute Gasteiger partial charge is 0.118 e. The SMILES string of the molecule is CC(C)c1ccc(C#CC2CCCO2)nc1. The Hall–Kier alpha value is -1.33. The van der Waals surface area contributed by atoms with Crippen molar-refractivity contribution in [1.82, 2.24) is 4.98 Å². The second kappa shape index (κ2) is 5.14. The van der Waals surface area contributed by atoms with Crippen molar-refractivity contribution >= 4 is 0 Å². The van der Waals surface area contributed by atoms with Gasteiger partial charge in [-0.2, -0.15) is 0 Å². The first-order valence-electron chi connectivity index (χ1n) is 5.85. The van der Waals surface area contributed by atoms with Gasteiger partial charge >= 0.3 is 0 Å². The zero-order valence-corrected chi connectivity index (χ0v) is 9.86. The predicted molar refractivity (Wildman–Crippen MR) is 64.2 cm³/mol. The molecule has 0 saturated carbocycles. The first-order valence-corrected chi connectivity index (χ1v) is 5.85. The number of rotatable bonds is 1. The summed E-state index contributed by atoms with van der Waals surface area (Å²) in [6.45, 7) is 5.17. The maximum absolute atomic E-state index is 5.44. The van der Waals surface area contributed by atoms with Gasteiger partial charge in [0.15, 0.2) is 0 Å². The lowest BCUT2D eigenvalue weighted by Crippen LogP contribution is -2.00. The molecule has 1 unspecified atom stereocenters. The normalized spacial score (nSPS) is 19.6. The quantitative estimate of drug-likeness (QED) is 0.672. The van der Waals surface area contributed by atoms with E-state index in [2.05, 4.69) is 36.7 Å². The Kier molecular flexibility index (Phi) is 3.58. The maximum Gasteiger partial charge on any atom is 0.118 e. The number of hydrogen-bond donors (Lipinski definition) is 0. The summed E-state index contributed by atoms with van der Waals surface area (Å²) in [6, 6.07) is 4.08. The molecule has 0 spiro atoms. The van der Waals surface area contributed by atoms with E-state index in [0.717, 1.165) is 25.1 Å². The molecule has 0 N–H and O–H groups in total. The zero-order chi connectivity index (χ0) is 11.4. The minimum Gasteiger partial charge on any atom is -0.366 e. The van der Waals surface area contributed by atoms with Crippen LogP contribution in [-0.4, -0.2) is 17.7 Å². The maximum atomic E-state index is 5.44. The average Bonchev–Trinajstić information content (AvgIpc) is 2.80. The van der Waals surface area contributed by atoms with Gasteiger partial charge in [-0.1, -0.05) is 25.8 Å². The van der Waals surface area contributed by atoms with Crippen LogP contribution in [0.25, 0.3) is 0 Å². The molecule has 1 saturated heterocycles. The first kappa shape index (κ1) is 11.2. The van der Waals surface area contributed by atoms with Gasteiger partial charge in [-0.25, -0.2) is 4.98 Å². The summed E-state index contributed by atoms with van der Waals surface area (Å²) in [6.07, 6.45) is 4.20. The molecule has 1 atom stereocenters. The van der Waals surface area contributed by atoms with Crippen LogP contribution in [0.1, 0.15) is 43.9 Å². The van der Waals surface area contributed by atoms with Gasteiger partial charge < -0.3 is 4.74 Å². The molecule has 0 aromatic carbocycles. The van der Waals surface area contributed by atoms with Gasteiger partial charge in [0, 0.05) is 12.8 Å². The fourth-order valence-corrected chi connectivity index (χ4v) is 1.67. The largest absolute Gasteiger partial charge is 0.366 e. The molecule has 0 radical (unpaired) electrons. The third-order valence-electron chi connectivity index (χ3n) is 2.74. The molecule has 2 heterocycles. The third kappa shape index (κ3) is 2.84. The molecule has 1 aromatic heterocycles. The summed E-state index contributed by atoms with van der Waals surface area (Å²) in [7, 11) is 0. The highest BCUT2D eigenvalue weighted by atomic mass is 16.5. The minimum absolute atomic E-state index is 0.117. The summed E-state index contributed by atoms with van der Waals surface area (Å²) in [4.78, 5) is 4.33. The van der Waals surface area contributed by atoms with Crippen LogP contribution in [0.3, 0.4) is 0 Å². The van der Waals surface area contributed by atoms with E-state index in [1.807, 2.05) is 12.3 Å². The second-order valence-electron chi connectivity index (χ2n) is 4.40. The van der Waals surface area contributed by atoms with E-state index in [-0.39, 0.29) is 6.10 Å². The molecule has 0 aliphatic carbocycles. The number of ether oxygens (including phenoxy) is 1. The highest BCUT2D eigenvalue weighted by Gasteiger charge is 2.11. The Bertz CT molecular complexity index is 391. The van der Waals surface area contributed by atoms with Crippen LogP contribution in [0.15, 0.2) is 18.3 Å². The van der Waals surface area contributed by atoms with E-state index in [4.69, 9.17) is 4.74 Å². The van der Waals surface area contributed by atoms with E-state index in [9.17, 15) is 0 Å². The summed E-state index contributed by atoms with van der Waals surface area (Å²) in [5.74, 6) is 6.70. The highest BCUT2D eigenvalue weighted by molar-refractivity contribution is 5.30. The van der Waals surface area contributed by atoms with E-state index in [1.165, 1.54) is 5.56 Å². The summed E-state index contributed by atoms with van der Waals surface area (Å²) in [5.41, 5.74) is 2.09. The first-order chi connectivity index (χ1) is 7.75. The summed E-state index contributed by atoms with van der Waals surface area (Å²) >= 11 is 0. The lowest BCUT2D eigenvalue weighted by molar-refractivity contribution is 0.152. The molecule has 2 rings (SSSR count). The van der Waals surface area contributed by atoms with Crippen molar-refractivity contribution in [3.8, 4) is 11.8 Å². The highest BCUT2D eigenvalue weighted by Crippen LogP contribution is 2.13. The molecule has 0 amide bonds. The third-order valence-corrected chi connectivity index (χ3v) is 2.74. The molecule has 1 aliphatic rings. The Balaban J connectivity index is 2.04. The minimum atomic E-state index is 0.117. The van der Waals surface area contributed by atoms with E-state index < -0.39 is 0 Å². The number of pyridine rings is 1. The van der Waals surface area contributed by atoms with Crippen molar-refractivity contribution in [3.63, 3.8) is 0 Å². The van der Waals surface area contributed by atoms with Gasteiger partial charge in [-0.15, -0.1) is 0 Å². The molecule has 1 fully saturated rings. The van der Waals surface area contributed by atoms with Gasteiger partial charge in [0.05, 0.1) is 0 Å². The van der Waals surface area contributed by atoms with Gasteiger partial charge in [0.1, 0.15) is 11.8 Å². The molecular weight excluding hydrogens is 198 g/mol. The van der Waals surface area contributed by atoms with Crippen LogP contribution in [0.4, 0.5) is 0 Å². The number of aromatic nitrogens is 1. The van der Waals surface area contributed by atoms with Crippen molar-refractivity contribution in [1.29, 1.82) is 0 Å². The average molecular weight is 215 g/mol. The second-order valence-corrected chi connectivity index (χ2v) is 4.40. The Labute approximate surface area is 97.0 Å². The van der Waals surface area contributed by atoms with Crippen LogP contribution in [0, 0.1) is 11.8 Å². The molecule has 1 aromatic rings. The number of nitrogens with zero attached hydrogens (tertiary/aromatic N) is 1. The Morgan fingerprint density at radius 2 is 2.31 bits per heavy atom. The van der Waals surface area contributed by atoms with Gasteiger partial charge in [0.2, 0.25) is 0 Å². The van der Waals surface area contributed by atoms with Crippen LogP contribution < -0.4 is 0 Å². The summed E-state index contributed by atoms with van der Waals surface area (Å²) < 4.78 is 5.44. The lowest BCUT2D eigenvalue weighted by Gasteiger charge is -2.03. The molecule has 0 bridgehead atoms. The topological polar surface area (TPSA) is 22.1 Å². The lowest BCUT2D eigenvalue weighted by atomic mass is 10.1. The monoisotopic (exact) mass is 215 g/mol. The van der Waals surface area contributed by atoms with Gasteiger partial charge in [-0.3, -0.25) is 0 Å². The predicted octanol–water partition coefficient (Wildman–Crippen LogP) is 2.74. The van der Waals surface area contributed by atoms with Gasteiger partial charge in [-0.05, 0) is 36.3 Å². The van der Waals surface area contributed by atoms with Crippen molar-refractivity contribution in [3.05, 3.63) is 29.6 Å². The Morgan fingerprint density at radius 1 is 1.44 bits per heavy atom. The van der Waals surface area contributed by atoms with E-state index >= 15 is 0 Å². The zero-order valence-electron chi connectivity index (χ0n) is 9.86. The number of hydrogen-bond acceptors (Lipinski definition) is 2. The Morgan fingerprint density at radius 3 is 2.88 bits per heavy atom. The van der Waals surface area contributed by atoms with Gasteiger partial charge in [0.25, 0.3) is 0 Å². The van der Waals surface area contributed by atoms with Crippen molar-refractivity contribution < 1.29 is 4.74 Å². The fraction of sp³-hybridized carbons (Fsp3) is 0.500.